The molecule has 6 nitrogen and oxygen atoms in total. The first-order valence-electron chi connectivity index (χ1n) is 8.41. The Labute approximate surface area is 190 Å². The molecule has 0 radical (unpaired) electrons. The molecule has 28 heavy (non-hydrogen) atoms. The van der Waals surface area contributed by atoms with Crippen LogP contribution in [-0.2, 0) is 13.0 Å². The van der Waals surface area contributed by atoms with Gasteiger partial charge in [-0.1, -0.05) is 40.5 Å². The molecule has 3 aromatic rings. The molecular formula is C19H20Cl2IN5O. The lowest BCUT2D eigenvalue weighted by atomic mass is 10.2. The van der Waals surface area contributed by atoms with Gasteiger partial charge in [-0.2, -0.15) is 4.98 Å². The van der Waals surface area contributed by atoms with Crippen molar-refractivity contribution in [2.45, 2.75) is 13.0 Å². The molecule has 2 N–H and O–H groups in total. The lowest BCUT2D eigenvalue weighted by Gasteiger charge is -2.11. The van der Waals surface area contributed by atoms with Crippen LogP contribution >= 0.6 is 47.2 Å². The van der Waals surface area contributed by atoms with Gasteiger partial charge in [0.25, 0.3) is 0 Å². The second-order valence-corrected chi connectivity index (χ2v) is 6.62. The Morgan fingerprint density at radius 1 is 1.07 bits per heavy atom. The van der Waals surface area contributed by atoms with Crippen LogP contribution in [0.1, 0.15) is 11.5 Å². The topological polar surface area (TPSA) is 75.3 Å². The fourth-order valence-corrected chi connectivity index (χ4v) is 2.75. The van der Waals surface area contributed by atoms with Crippen molar-refractivity contribution in [3.63, 3.8) is 0 Å². The molecule has 0 atom stereocenters. The number of hydrogen-bond donors (Lipinski definition) is 2. The Morgan fingerprint density at radius 2 is 1.86 bits per heavy atom. The van der Waals surface area contributed by atoms with Gasteiger partial charge in [-0.15, -0.1) is 24.0 Å². The van der Waals surface area contributed by atoms with Crippen molar-refractivity contribution in [3.05, 3.63) is 70.0 Å². The lowest BCUT2D eigenvalue weighted by molar-refractivity contribution is 0.378. The highest BCUT2D eigenvalue weighted by molar-refractivity contribution is 14.0. The van der Waals surface area contributed by atoms with Gasteiger partial charge in [0.05, 0.1) is 0 Å². The highest BCUT2D eigenvalue weighted by atomic mass is 127. The van der Waals surface area contributed by atoms with Crippen LogP contribution in [0.4, 0.5) is 0 Å². The average Bonchev–Trinajstić information content (AvgIpc) is 3.14. The predicted molar refractivity (Wildman–Crippen MR) is 124 cm³/mol. The van der Waals surface area contributed by atoms with Gasteiger partial charge in [0.2, 0.25) is 11.7 Å². The van der Waals surface area contributed by atoms with E-state index >= 15 is 0 Å². The van der Waals surface area contributed by atoms with Gasteiger partial charge in [-0.3, -0.25) is 4.99 Å². The Kier molecular flexibility index (Phi) is 9.01. The summed E-state index contributed by atoms with van der Waals surface area (Å²) in [6, 6.07) is 15.0. The average molecular weight is 532 g/mol. The van der Waals surface area contributed by atoms with Gasteiger partial charge in [0.1, 0.15) is 0 Å². The van der Waals surface area contributed by atoms with Crippen LogP contribution in [0.5, 0.6) is 0 Å². The van der Waals surface area contributed by atoms with Crippen LogP contribution in [0.25, 0.3) is 11.4 Å². The van der Waals surface area contributed by atoms with E-state index in [-0.39, 0.29) is 24.0 Å². The van der Waals surface area contributed by atoms with Crippen molar-refractivity contribution in [2.75, 3.05) is 13.6 Å². The summed E-state index contributed by atoms with van der Waals surface area (Å²) in [7, 11) is 1.72. The fourth-order valence-electron chi connectivity index (χ4n) is 2.41. The van der Waals surface area contributed by atoms with E-state index in [0.29, 0.717) is 47.2 Å². The highest BCUT2D eigenvalue weighted by Crippen LogP contribution is 2.18. The highest BCUT2D eigenvalue weighted by Gasteiger charge is 2.09. The first kappa shape index (κ1) is 22.4. The van der Waals surface area contributed by atoms with Crippen molar-refractivity contribution < 1.29 is 4.52 Å². The van der Waals surface area contributed by atoms with E-state index < -0.39 is 0 Å². The number of rotatable bonds is 6. The van der Waals surface area contributed by atoms with E-state index in [2.05, 4.69) is 25.8 Å². The summed E-state index contributed by atoms with van der Waals surface area (Å²) in [5.74, 6) is 1.79. The molecular weight excluding hydrogens is 512 g/mol. The molecule has 1 heterocycles. The standard InChI is InChI=1S/C19H19Cl2N5O.HI/c1-22-19(24-12-13-3-2-4-16(21)11-13)23-10-9-17-25-18(26-27-17)14-5-7-15(20)8-6-14;/h2-8,11H,9-10,12H2,1H3,(H2,22,23,24);1H. The van der Waals surface area contributed by atoms with E-state index in [0.717, 1.165) is 11.1 Å². The van der Waals surface area contributed by atoms with Crippen molar-refractivity contribution in [2.24, 2.45) is 4.99 Å². The molecule has 0 aliphatic rings. The zero-order chi connectivity index (χ0) is 19.1. The third kappa shape index (κ3) is 6.65. The first-order valence-corrected chi connectivity index (χ1v) is 9.17. The van der Waals surface area contributed by atoms with E-state index in [1.54, 1.807) is 19.2 Å². The number of nitrogens with one attached hydrogen (secondary N) is 2. The Bertz CT molecular complexity index is 915. The minimum atomic E-state index is 0. The van der Waals surface area contributed by atoms with E-state index in [4.69, 9.17) is 27.7 Å². The maximum Gasteiger partial charge on any atom is 0.228 e. The summed E-state index contributed by atoms with van der Waals surface area (Å²) >= 11 is 11.9. The van der Waals surface area contributed by atoms with Gasteiger partial charge in [0, 0.05) is 42.2 Å². The number of aliphatic imine (C=N–C) groups is 1. The van der Waals surface area contributed by atoms with E-state index in [1.807, 2.05) is 36.4 Å². The van der Waals surface area contributed by atoms with Crippen molar-refractivity contribution in [1.82, 2.24) is 20.8 Å². The molecule has 9 heteroatoms. The van der Waals surface area contributed by atoms with Crippen LogP contribution in [0.15, 0.2) is 58.0 Å². The Hall–Kier alpha value is -1.84. The van der Waals surface area contributed by atoms with Crippen LogP contribution in [0, 0.1) is 0 Å². The smallest absolute Gasteiger partial charge is 0.228 e. The van der Waals surface area contributed by atoms with E-state index in [9.17, 15) is 0 Å². The molecule has 0 saturated heterocycles. The van der Waals surface area contributed by atoms with Crippen molar-refractivity contribution in [3.8, 4) is 11.4 Å². The van der Waals surface area contributed by atoms with Crippen LogP contribution in [0.2, 0.25) is 10.0 Å². The van der Waals surface area contributed by atoms with Crippen LogP contribution in [-0.4, -0.2) is 29.7 Å². The molecule has 0 aliphatic heterocycles. The van der Waals surface area contributed by atoms with E-state index in [1.165, 1.54) is 0 Å². The van der Waals surface area contributed by atoms with Gasteiger partial charge < -0.3 is 15.2 Å². The third-order valence-electron chi connectivity index (χ3n) is 3.77. The number of nitrogens with zero attached hydrogens (tertiary/aromatic N) is 3. The molecule has 0 amide bonds. The lowest BCUT2D eigenvalue weighted by Crippen LogP contribution is -2.37. The van der Waals surface area contributed by atoms with Crippen LogP contribution in [0.3, 0.4) is 0 Å². The molecule has 2 aromatic carbocycles. The van der Waals surface area contributed by atoms with Gasteiger partial charge in [-0.25, -0.2) is 0 Å². The molecule has 3 rings (SSSR count). The maximum atomic E-state index is 6.00. The zero-order valence-corrected chi connectivity index (χ0v) is 19.0. The Morgan fingerprint density at radius 3 is 2.57 bits per heavy atom. The van der Waals surface area contributed by atoms with Gasteiger partial charge in [-0.05, 0) is 42.0 Å². The molecule has 0 aliphatic carbocycles. The van der Waals surface area contributed by atoms with Gasteiger partial charge >= 0.3 is 0 Å². The third-order valence-corrected chi connectivity index (χ3v) is 4.26. The summed E-state index contributed by atoms with van der Waals surface area (Å²) in [5.41, 5.74) is 1.94. The largest absolute Gasteiger partial charge is 0.356 e. The Balaban J connectivity index is 0.00000280. The van der Waals surface area contributed by atoms with Crippen molar-refractivity contribution in [1.29, 1.82) is 0 Å². The first-order chi connectivity index (χ1) is 13.1. The quantitative estimate of drug-likeness (QED) is 0.277. The number of guanidine groups is 1. The molecule has 0 bridgehead atoms. The molecule has 0 fully saturated rings. The maximum absolute atomic E-state index is 6.00. The summed E-state index contributed by atoms with van der Waals surface area (Å²) < 4.78 is 5.30. The summed E-state index contributed by atoms with van der Waals surface area (Å²) in [5, 5.41) is 11.8. The molecule has 0 spiro atoms. The molecule has 0 unspecified atom stereocenters. The number of hydrogen-bond acceptors (Lipinski definition) is 4. The number of halogens is 3. The summed E-state index contributed by atoms with van der Waals surface area (Å²) in [4.78, 5) is 8.60. The molecule has 148 valence electrons. The molecule has 0 saturated carbocycles. The number of aromatic nitrogens is 2. The second kappa shape index (κ2) is 11.2. The summed E-state index contributed by atoms with van der Waals surface area (Å²) in [6.07, 6.45) is 0.582. The SMILES string of the molecule is CN=C(NCCc1nc(-c2ccc(Cl)cc2)no1)NCc1cccc(Cl)c1.I. The summed E-state index contributed by atoms with van der Waals surface area (Å²) in [6.45, 7) is 1.24. The van der Waals surface area contributed by atoms with Crippen molar-refractivity contribution >= 4 is 53.1 Å². The normalized spacial score (nSPS) is 11.0. The fraction of sp³-hybridized carbons (Fsp3) is 0.211. The minimum Gasteiger partial charge on any atom is -0.356 e. The predicted octanol–water partition coefficient (Wildman–Crippen LogP) is 4.57. The van der Waals surface area contributed by atoms with Crippen LogP contribution < -0.4 is 10.6 Å². The minimum absolute atomic E-state index is 0. The molecule has 1 aromatic heterocycles. The monoisotopic (exact) mass is 531 g/mol. The van der Waals surface area contributed by atoms with Gasteiger partial charge in [0.15, 0.2) is 5.96 Å². The second-order valence-electron chi connectivity index (χ2n) is 5.75. The number of benzene rings is 2. The zero-order valence-electron chi connectivity index (χ0n) is 15.2.